The molecule has 2 aromatic rings. The van der Waals surface area contributed by atoms with Gasteiger partial charge in [0.05, 0.1) is 19.3 Å². The molecule has 1 aromatic heterocycles. The van der Waals surface area contributed by atoms with Gasteiger partial charge in [-0.05, 0) is 66.5 Å². The van der Waals surface area contributed by atoms with Gasteiger partial charge >= 0.3 is 6.09 Å². The van der Waals surface area contributed by atoms with E-state index < -0.39 is 23.7 Å². The van der Waals surface area contributed by atoms with Crippen molar-refractivity contribution in [1.82, 2.24) is 5.32 Å². The summed E-state index contributed by atoms with van der Waals surface area (Å²) < 4.78 is 5.87. The van der Waals surface area contributed by atoms with Gasteiger partial charge in [-0.3, -0.25) is 10.1 Å². The van der Waals surface area contributed by atoms with Crippen LogP contribution in [0.25, 0.3) is 0 Å². The molecule has 2 fully saturated rings. The number of thiophene rings is 1. The van der Waals surface area contributed by atoms with Crippen LogP contribution >= 0.6 is 11.3 Å². The van der Waals surface area contributed by atoms with Crippen molar-refractivity contribution in [2.45, 2.75) is 64.7 Å². The number of benzene rings is 1. The van der Waals surface area contributed by atoms with E-state index in [1.54, 1.807) is 23.5 Å². The molecule has 1 heterocycles. The molecule has 0 bridgehead atoms. The zero-order valence-corrected chi connectivity index (χ0v) is 21.2. The Morgan fingerprint density at radius 1 is 1.11 bits per heavy atom. The van der Waals surface area contributed by atoms with Crippen molar-refractivity contribution in [3.8, 4) is 0 Å². The molecule has 0 saturated heterocycles. The number of amides is 2. The smallest absolute Gasteiger partial charge is 0.411 e. The van der Waals surface area contributed by atoms with E-state index in [2.05, 4.69) is 17.6 Å². The summed E-state index contributed by atoms with van der Waals surface area (Å²) in [6, 6.07) is 13.1. The first-order valence-corrected chi connectivity index (χ1v) is 13.2. The molecular formula is C27H36N2O5S. The number of fused-ring (bicyclic) bond motifs is 1. The second-order valence-electron chi connectivity index (χ2n) is 10.5. The monoisotopic (exact) mass is 500 g/mol. The normalized spacial score (nSPS) is 32.3. The Labute approximate surface area is 210 Å². The number of hydrogen-bond acceptors (Lipinski definition) is 6. The van der Waals surface area contributed by atoms with Crippen LogP contribution < -0.4 is 10.6 Å². The summed E-state index contributed by atoms with van der Waals surface area (Å²) in [6.45, 7) is 4.46. The third-order valence-electron chi connectivity index (χ3n) is 8.39. The highest BCUT2D eigenvalue weighted by atomic mass is 32.1. The maximum Gasteiger partial charge on any atom is 0.411 e. The van der Waals surface area contributed by atoms with E-state index in [0.29, 0.717) is 37.9 Å². The van der Waals surface area contributed by atoms with E-state index in [4.69, 9.17) is 4.74 Å². The van der Waals surface area contributed by atoms with Crippen LogP contribution in [0.5, 0.6) is 0 Å². The first-order valence-electron chi connectivity index (χ1n) is 12.4. The molecule has 8 heteroatoms. The lowest BCUT2D eigenvalue weighted by atomic mass is 9.46. The molecule has 0 aliphatic heterocycles. The summed E-state index contributed by atoms with van der Waals surface area (Å²) >= 11 is 1.60. The van der Waals surface area contributed by atoms with Gasteiger partial charge < -0.3 is 20.3 Å². The van der Waals surface area contributed by atoms with Crippen molar-refractivity contribution < 1.29 is 24.5 Å². The molecule has 2 aliphatic carbocycles. The minimum absolute atomic E-state index is 0.00164. The lowest BCUT2D eigenvalue weighted by Crippen LogP contribution is -2.61. The van der Waals surface area contributed by atoms with Gasteiger partial charge in [0.25, 0.3) is 0 Å². The highest BCUT2D eigenvalue weighted by Crippen LogP contribution is 2.61. The van der Waals surface area contributed by atoms with Gasteiger partial charge in [-0.15, -0.1) is 11.3 Å². The molecule has 2 saturated carbocycles. The molecule has 0 unspecified atom stereocenters. The molecule has 6 atom stereocenters. The standard InChI is InChI=1S/C27H36N2O5S/c1-26-13-12-23(34-25(33)29-18-7-4-3-5-8-18)27(2,17-30)22(26)11-10-21(31)20(26)15-24(32)28-16-19-9-6-14-35-19/h3-9,14,20-23,30-31H,10-13,15-17H2,1-2H3,(H,28,32)(H,29,33)/t20-,21-,22+,23-,26+,27+/m1/s1. The molecule has 35 heavy (non-hydrogen) atoms. The minimum atomic E-state index is -0.674. The highest BCUT2D eigenvalue weighted by Gasteiger charge is 2.60. The van der Waals surface area contributed by atoms with E-state index in [-0.39, 0.29) is 36.2 Å². The third kappa shape index (κ3) is 5.39. The van der Waals surface area contributed by atoms with Crippen molar-refractivity contribution >= 4 is 29.0 Å². The van der Waals surface area contributed by atoms with Gasteiger partial charge in [-0.1, -0.05) is 38.1 Å². The fraction of sp³-hybridized carbons (Fsp3) is 0.556. The number of para-hydroxylation sites is 1. The molecule has 0 radical (unpaired) electrons. The molecule has 1 aromatic carbocycles. The summed E-state index contributed by atoms with van der Waals surface area (Å²) in [5, 5.41) is 29.2. The molecule has 4 N–H and O–H groups in total. The second-order valence-corrected chi connectivity index (χ2v) is 11.5. The summed E-state index contributed by atoms with van der Waals surface area (Å²) in [4.78, 5) is 26.6. The van der Waals surface area contributed by atoms with E-state index in [0.717, 1.165) is 4.88 Å². The van der Waals surface area contributed by atoms with Crippen molar-refractivity contribution in [2.75, 3.05) is 11.9 Å². The van der Waals surface area contributed by atoms with E-state index in [1.165, 1.54) is 0 Å². The minimum Gasteiger partial charge on any atom is -0.445 e. The maximum atomic E-state index is 12.8. The van der Waals surface area contributed by atoms with Gasteiger partial charge in [0.1, 0.15) is 6.10 Å². The number of nitrogens with one attached hydrogen (secondary N) is 2. The topological polar surface area (TPSA) is 108 Å². The molecule has 4 rings (SSSR count). The summed E-state index contributed by atoms with van der Waals surface area (Å²) in [5.41, 5.74) is -0.379. The van der Waals surface area contributed by atoms with Gasteiger partial charge in [-0.25, -0.2) is 4.79 Å². The van der Waals surface area contributed by atoms with Crippen LogP contribution in [-0.4, -0.2) is 41.0 Å². The predicted octanol–water partition coefficient (Wildman–Crippen LogP) is 4.56. The van der Waals surface area contributed by atoms with Crippen LogP contribution in [0.4, 0.5) is 10.5 Å². The highest BCUT2D eigenvalue weighted by molar-refractivity contribution is 7.09. The maximum absolute atomic E-state index is 12.8. The Morgan fingerprint density at radius 3 is 2.57 bits per heavy atom. The summed E-state index contributed by atoms with van der Waals surface area (Å²) in [5.74, 6) is -0.299. The molecule has 190 valence electrons. The average Bonchev–Trinajstić information content (AvgIpc) is 3.36. The first kappa shape index (κ1) is 25.7. The van der Waals surface area contributed by atoms with Crippen LogP contribution in [0.3, 0.4) is 0 Å². The average molecular weight is 501 g/mol. The van der Waals surface area contributed by atoms with E-state index in [1.807, 2.05) is 42.6 Å². The zero-order chi connectivity index (χ0) is 25.1. The van der Waals surface area contributed by atoms with Crippen molar-refractivity contribution in [3.05, 3.63) is 52.7 Å². The molecule has 2 aliphatic rings. The van der Waals surface area contributed by atoms with Gasteiger partial charge in [-0.2, -0.15) is 0 Å². The quantitative estimate of drug-likeness (QED) is 0.446. The molecule has 2 amide bonds. The number of aliphatic hydroxyl groups is 2. The Kier molecular flexibility index (Phi) is 7.83. The predicted molar refractivity (Wildman–Crippen MR) is 136 cm³/mol. The zero-order valence-electron chi connectivity index (χ0n) is 20.4. The SMILES string of the molecule is C[C@]1(CO)[C@H]2CC[C@@H](O)[C@@H](CC(=O)NCc3cccs3)[C@]2(C)CC[C@H]1OC(=O)Nc1ccccc1. The van der Waals surface area contributed by atoms with Gasteiger partial charge in [0.15, 0.2) is 0 Å². The fourth-order valence-electron chi connectivity index (χ4n) is 6.45. The van der Waals surface area contributed by atoms with Crippen LogP contribution in [0, 0.1) is 22.7 Å². The van der Waals surface area contributed by atoms with E-state index in [9.17, 15) is 19.8 Å². The summed E-state index contributed by atoms with van der Waals surface area (Å²) in [7, 11) is 0. The van der Waals surface area contributed by atoms with Crippen LogP contribution in [-0.2, 0) is 16.1 Å². The molecular weight excluding hydrogens is 464 g/mol. The number of rotatable bonds is 7. The lowest BCUT2D eigenvalue weighted by molar-refractivity contribution is -0.185. The number of ether oxygens (including phenoxy) is 1. The first-order chi connectivity index (χ1) is 16.8. The fourth-order valence-corrected chi connectivity index (χ4v) is 7.09. The van der Waals surface area contributed by atoms with Gasteiger partial charge in [0.2, 0.25) is 5.91 Å². The number of carbonyl (C=O) groups is 2. The molecule has 7 nitrogen and oxygen atoms in total. The van der Waals surface area contributed by atoms with Crippen LogP contribution in [0.15, 0.2) is 47.8 Å². The number of anilines is 1. The van der Waals surface area contributed by atoms with Crippen molar-refractivity contribution in [3.63, 3.8) is 0 Å². The Hall–Kier alpha value is -2.42. The number of carbonyl (C=O) groups excluding carboxylic acids is 2. The van der Waals surface area contributed by atoms with E-state index >= 15 is 0 Å². The van der Waals surface area contributed by atoms with Crippen molar-refractivity contribution in [1.29, 1.82) is 0 Å². The summed E-state index contributed by atoms with van der Waals surface area (Å²) in [6.07, 6.45) is 1.20. The lowest BCUT2D eigenvalue weighted by Gasteiger charge is -2.60. The Balaban J connectivity index is 1.46. The number of aliphatic hydroxyl groups excluding tert-OH is 2. The molecule has 0 spiro atoms. The number of hydrogen-bond donors (Lipinski definition) is 4. The second kappa shape index (κ2) is 10.7. The Bertz CT molecular complexity index is 1000. The largest absolute Gasteiger partial charge is 0.445 e. The van der Waals surface area contributed by atoms with Crippen LogP contribution in [0.2, 0.25) is 0 Å². The Morgan fingerprint density at radius 2 is 1.89 bits per heavy atom. The van der Waals surface area contributed by atoms with Crippen LogP contribution in [0.1, 0.15) is 50.8 Å². The van der Waals surface area contributed by atoms with Crippen molar-refractivity contribution in [2.24, 2.45) is 22.7 Å². The third-order valence-corrected chi connectivity index (χ3v) is 9.27. The van der Waals surface area contributed by atoms with Gasteiger partial charge in [0, 0.05) is 22.4 Å².